The molecule has 0 aromatic heterocycles. The van der Waals surface area contributed by atoms with Crippen molar-refractivity contribution >= 4 is 28.6 Å². The van der Waals surface area contributed by atoms with Crippen LogP contribution >= 0.6 is 22.6 Å². The van der Waals surface area contributed by atoms with Crippen molar-refractivity contribution in [3.8, 4) is 33.4 Å². The zero-order chi connectivity index (χ0) is 29.1. The Morgan fingerprint density at radius 2 is 1.20 bits per heavy atom. The van der Waals surface area contributed by atoms with Gasteiger partial charge in [0, 0.05) is 20.0 Å². The first-order chi connectivity index (χ1) is 19.5. The van der Waals surface area contributed by atoms with E-state index in [1.165, 1.54) is 64.8 Å². The summed E-state index contributed by atoms with van der Waals surface area (Å²) in [5.74, 6) is -0.301. The van der Waals surface area contributed by atoms with Crippen molar-refractivity contribution in [1.29, 1.82) is 0 Å². The van der Waals surface area contributed by atoms with Crippen molar-refractivity contribution in [3.63, 3.8) is 0 Å². The Morgan fingerprint density at radius 1 is 0.707 bits per heavy atom. The molecule has 3 heteroatoms. The molecule has 0 saturated carbocycles. The first-order valence-corrected chi connectivity index (χ1v) is 15.6. The molecule has 4 aromatic carbocycles. The molecule has 0 atom stereocenters. The van der Waals surface area contributed by atoms with Crippen LogP contribution < -0.4 is 0 Å². The number of carbonyl (C=O) groups is 1. The summed E-state index contributed by atoms with van der Waals surface area (Å²) >= 11 is 2.42. The summed E-state index contributed by atoms with van der Waals surface area (Å²) < 4.78 is 6.54. The lowest BCUT2D eigenvalue weighted by Crippen LogP contribution is -2.16. The lowest BCUT2D eigenvalue weighted by atomic mass is 9.80. The Morgan fingerprint density at radius 3 is 1.76 bits per heavy atom. The minimum absolute atomic E-state index is 0.0171. The molecule has 0 aliphatic heterocycles. The SMILES string of the molecule is C=C(C)C(=O)OCCCCc1ccc2c(c1)C(C)(C)c1cc(-c3ccc4c(c3)C(C)(C)c3cc(I)ccc3-4)ccc1-2. The molecule has 6 rings (SSSR count). The van der Waals surface area contributed by atoms with E-state index in [2.05, 4.69) is 130 Å². The van der Waals surface area contributed by atoms with Gasteiger partial charge in [0.2, 0.25) is 0 Å². The molecular formula is C38H37IO2. The van der Waals surface area contributed by atoms with Crippen molar-refractivity contribution < 1.29 is 9.53 Å². The van der Waals surface area contributed by atoms with E-state index < -0.39 is 0 Å². The Labute approximate surface area is 258 Å². The first-order valence-electron chi connectivity index (χ1n) is 14.5. The van der Waals surface area contributed by atoms with Gasteiger partial charge in [0.25, 0.3) is 0 Å². The number of carbonyl (C=O) groups excluding carboxylic acids is 1. The number of hydrogen-bond donors (Lipinski definition) is 0. The molecule has 0 unspecified atom stereocenters. The van der Waals surface area contributed by atoms with Gasteiger partial charge in [-0.05, 0) is 134 Å². The fourth-order valence-electron chi connectivity index (χ4n) is 6.73. The molecule has 0 N–H and O–H groups in total. The zero-order valence-electron chi connectivity index (χ0n) is 24.7. The topological polar surface area (TPSA) is 26.3 Å². The van der Waals surface area contributed by atoms with Crippen molar-refractivity contribution in [2.75, 3.05) is 6.61 Å². The number of esters is 1. The number of aryl methyl sites for hydroxylation is 1. The minimum Gasteiger partial charge on any atom is -0.462 e. The molecule has 0 spiro atoms. The number of benzene rings is 4. The van der Waals surface area contributed by atoms with Crippen LogP contribution in [0.2, 0.25) is 0 Å². The molecule has 0 amide bonds. The Kier molecular flexibility index (Phi) is 7.01. The summed E-state index contributed by atoms with van der Waals surface area (Å²) in [5, 5.41) is 0. The van der Waals surface area contributed by atoms with E-state index >= 15 is 0 Å². The van der Waals surface area contributed by atoms with E-state index in [1.54, 1.807) is 6.92 Å². The highest BCUT2D eigenvalue weighted by Gasteiger charge is 2.37. The smallest absolute Gasteiger partial charge is 0.333 e. The minimum atomic E-state index is -0.301. The maximum atomic E-state index is 11.6. The van der Waals surface area contributed by atoms with Gasteiger partial charge in [-0.3, -0.25) is 0 Å². The summed E-state index contributed by atoms with van der Waals surface area (Å²) in [6, 6.07) is 27.9. The third-order valence-electron chi connectivity index (χ3n) is 9.15. The average molecular weight is 653 g/mol. The molecule has 208 valence electrons. The number of fused-ring (bicyclic) bond motifs is 6. The molecule has 0 heterocycles. The van der Waals surface area contributed by atoms with E-state index in [4.69, 9.17) is 4.74 Å². The van der Waals surface area contributed by atoms with E-state index in [9.17, 15) is 4.79 Å². The lowest BCUT2D eigenvalue weighted by Gasteiger charge is -2.23. The molecule has 0 radical (unpaired) electrons. The number of ether oxygens (including phenoxy) is 1. The van der Waals surface area contributed by atoms with Gasteiger partial charge < -0.3 is 4.74 Å². The van der Waals surface area contributed by atoms with Gasteiger partial charge in [-0.15, -0.1) is 0 Å². The summed E-state index contributed by atoms with van der Waals surface area (Å²) in [6.45, 7) is 15.2. The predicted molar refractivity (Wildman–Crippen MR) is 178 cm³/mol. The molecule has 0 fully saturated rings. The highest BCUT2D eigenvalue weighted by Crippen LogP contribution is 2.52. The largest absolute Gasteiger partial charge is 0.462 e. The van der Waals surface area contributed by atoms with Crippen molar-refractivity contribution in [3.05, 3.63) is 116 Å². The molecule has 2 aliphatic carbocycles. The molecule has 2 nitrogen and oxygen atoms in total. The standard InChI is InChI=1S/C38H37IO2/c1-23(2)36(40)41-18-8-7-9-24-10-14-28-29-15-11-25(20-33(29)37(3,4)32(28)19-24)26-12-16-30-31-17-13-27(39)22-35(31)38(5,6)34(30)21-26/h10-17,19-22H,1,7-9,18H2,2-6H3. The van der Waals surface area contributed by atoms with Gasteiger partial charge in [-0.1, -0.05) is 82.8 Å². The van der Waals surface area contributed by atoms with E-state index in [0.717, 1.165) is 19.3 Å². The fourth-order valence-corrected chi connectivity index (χ4v) is 7.22. The predicted octanol–water partition coefficient (Wildman–Crippen LogP) is 10.0. The summed E-state index contributed by atoms with van der Waals surface area (Å²) in [5.41, 5.74) is 15.3. The number of rotatable bonds is 7. The van der Waals surface area contributed by atoms with Gasteiger partial charge in [0.1, 0.15) is 0 Å². The van der Waals surface area contributed by atoms with E-state index in [-0.39, 0.29) is 16.8 Å². The van der Waals surface area contributed by atoms with Crippen molar-refractivity contribution in [1.82, 2.24) is 0 Å². The van der Waals surface area contributed by atoms with Crippen LogP contribution in [-0.4, -0.2) is 12.6 Å². The van der Waals surface area contributed by atoms with Crippen LogP contribution in [0.1, 0.15) is 75.3 Å². The molecular weight excluding hydrogens is 615 g/mol. The summed E-state index contributed by atoms with van der Waals surface area (Å²) in [4.78, 5) is 11.6. The van der Waals surface area contributed by atoms with Gasteiger partial charge in [0.05, 0.1) is 6.61 Å². The zero-order valence-corrected chi connectivity index (χ0v) is 26.8. The maximum Gasteiger partial charge on any atom is 0.333 e. The quantitative estimate of drug-likeness (QED) is 0.0860. The van der Waals surface area contributed by atoms with Crippen LogP contribution in [0.3, 0.4) is 0 Å². The monoisotopic (exact) mass is 652 g/mol. The van der Waals surface area contributed by atoms with Gasteiger partial charge in [-0.25, -0.2) is 4.79 Å². The van der Waals surface area contributed by atoms with Gasteiger partial charge >= 0.3 is 5.97 Å². The second-order valence-electron chi connectivity index (χ2n) is 12.7. The third-order valence-corrected chi connectivity index (χ3v) is 9.82. The molecule has 0 saturated heterocycles. The number of hydrogen-bond acceptors (Lipinski definition) is 2. The third kappa shape index (κ3) is 4.76. The van der Waals surface area contributed by atoms with Crippen LogP contribution in [0.4, 0.5) is 0 Å². The summed E-state index contributed by atoms with van der Waals surface area (Å²) in [6.07, 6.45) is 2.81. The Bertz CT molecular complexity index is 1720. The highest BCUT2D eigenvalue weighted by molar-refractivity contribution is 14.1. The molecule has 4 aromatic rings. The van der Waals surface area contributed by atoms with Crippen LogP contribution in [0.25, 0.3) is 33.4 Å². The second-order valence-corrected chi connectivity index (χ2v) is 14.0. The molecule has 0 bridgehead atoms. The van der Waals surface area contributed by atoms with Crippen LogP contribution in [-0.2, 0) is 26.8 Å². The van der Waals surface area contributed by atoms with E-state index in [1.807, 2.05) is 0 Å². The van der Waals surface area contributed by atoms with Crippen molar-refractivity contribution in [2.24, 2.45) is 0 Å². The normalized spacial score (nSPS) is 15.1. The Hall–Kier alpha value is -3.18. The average Bonchev–Trinajstić information content (AvgIpc) is 3.31. The van der Waals surface area contributed by atoms with Crippen molar-refractivity contribution in [2.45, 2.75) is 64.7 Å². The number of halogens is 1. The van der Waals surface area contributed by atoms with Gasteiger partial charge in [0.15, 0.2) is 0 Å². The fraction of sp³-hybridized carbons (Fsp3) is 0.289. The Balaban J connectivity index is 1.25. The molecule has 2 aliphatic rings. The second kappa shape index (κ2) is 10.3. The van der Waals surface area contributed by atoms with E-state index in [0.29, 0.717) is 12.2 Å². The van der Waals surface area contributed by atoms with Crippen LogP contribution in [0, 0.1) is 3.57 Å². The lowest BCUT2D eigenvalue weighted by molar-refractivity contribution is -0.139. The first kappa shape index (κ1) is 28.0. The van der Waals surface area contributed by atoms with Gasteiger partial charge in [-0.2, -0.15) is 0 Å². The van der Waals surface area contributed by atoms with Crippen LogP contribution in [0.5, 0.6) is 0 Å². The molecule has 41 heavy (non-hydrogen) atoms. The highest BCUT2D eigenvalue weighted by atomic mass is 127. The van der Waals surface area contributed by atoms with Crippen LogP contribution in [0.15, 0.2) is 84.9 Å². The summed E-state index contributed by atoms with van der Waals surface area (Å²) in [7, 11) is 0. The number of unbranched alkanes of at least 4 members (excludes halogenated alkanes) is 1. The maximum absolute atomic E-state index is 11.6.